The summed E-state index contributed by atoms with van der Waals surface area (Å²) in [6.07, 6.45) is 6.61. The Morgan fingerprint density at radius 1 is 1.11 bits per heavy atom. The van der Waals surface area contributed by atoms with Gasteiger partial charge >= 0.3 is 0 Å². The van der Waals surface area contributed by atoms with Crippen LogP contribution in [-0.4, -0.2) is 17.3 Å². The third-order valence-electron chi connectivity index (χ3n) is 3.57. The van der Waals surface area contributed by atoms with E-state index in [4.69, 9.17) is 0 Å². The van der Waals surface area contributed by atoms with Crippen molar-refractivity contribution in [1.29, 1.82) is 0 Å². The number of hydrogen-bond acceptors (Lipinski definition) is 2. The maximum Gasteiger partial charge on any atom is 0.0819 e. The highest BCUT2D eigenvalue weighted by atomic mass is 79.9. The molecule has 1 aliphatic carbocycles. The number of benzene rings is 1. The largest absolute Gasteiger partial charge is 0.388 e. The number of aliphatic hydroxyl groups is 1. The van der Waals surface area contributed by atoms with E-state index in [-0.39, 0.29) is 0 Å². The van der Waals surface area contributed by atoms with Gasteiger partial charge < -0.3 is 10.4 Å². The second-order valence-corrected chi connectivity index (χ2v) is 6.89. The Hall–Kier alpha value is -0.0600. The zero-order valence-corrected chi connectivity index (χ0v) is 13.6. The molecule has 4 heteroatoms. The van der Waals surface area contributed by atoms with Gasteiger partial charge in [-0.2, -0.15) is 0 Å². The number of halogens is 2. The van der Waals surface area contributed by atoms with Crippen LogP contribution in [0.5, 0.6) is 0 Å². The minimum absolute atomic E-state index is 0.539. The molecule has 2 N–H and O–H groups in total. The van der Waals surface area contributed by atoms with Gasteiger partial charge in [-0.3, -0.25) is 0 Å². The Bertz CT molecular complexity index is 401. The van der Waals surface area contributed by atoms with Crippen LogP contribution in [0.2, 0.25) is 0 Å². The Labute approximate surface area is 125 Å². The van der Waals surface area contributed by atoms with Crippen molar-refractivity contribution in [1.82, 2.24) is 0 Å². The summed E-state index contributed by atoms with van der Waals surface area (Å²) in [4.78, 5) is 0. The second-order valence-electron chi connectivity index (χ2n) is 5.12. The zero-order chi connectivity index (χ0) is 13.0. The molecular weight excluding hydrogens is 358 g/mol. The zero-order valence-electron chi connectivity index (χ0n) is 10.4. The van der Waals surface area contributed by atoms with Crippen LogP contribution in [0.1, 0.15) is 38.5 Å². The molecule has 18 heavy (non-hydrogen) atoms. The van der Waals surface area contributed by atoms with Crippen molar-refractivity contribution in [2.24, 2.45) is 0 Å². The normalized spacial score (nSPS) is 19.3. The predicted molar refractivity (Wildman–Crippen MR) is 83.0 cm³/mol. The molecule has 0 amide bonds. The Kier molecular flexibility index (Phi) is 5.10. The van der Waals surface area contributed by atoms with Crippen LogP contribution in [0, 0.1) is 0 Å². The third kappa shape index (κ3) is 3.97. The molecule has 1 aliphatic rings. The highest BCUT2D eigenvalue weighted by Gasteiger charge is 2.27. The van der Waals surface area contributed by atoms with Crippen molar-refractivity contribution in [3.63, 3.8) is 0 Å². The molecule has 0 spiro atoms. The van der Waals surface area contributed by atoms with E-state index in [0.717, 1.165) is 40.3 Å². The number of rotatable bonds is 3. The second kappa shape index (κ2) is 6.40. The summed E-state index contributed by atoms with van der Waals surface area (Å²) >= 11 is 6.97. The molecule has 0 bridgehead atoms. The van der Waals surface area contributed by atoms with Crippen LogP contribution < -0.4 is 5.32 Å². The molecule has 2 nitrogen and oxygen atoms in total. The topological polar surface area (TPSA) is 32.3 Å². The lowest BCUT2D eigenvalue weighted by Crippen LogP contribution is -2.36. The molecule has 0 radical (unpaired) electrons. The summed E-state index contributed by atoms with van der Waals surface area (Å²) < 4.78 is 2.07. The molecule has 1 fully saturated rings. The van der Waals surface area contributed by atoms with Crippen LogP contribution in [0.25, 0.3) is 0 Å². The van der Waals surface area contributed by atoms with Crippen LogP contribution in [0.3, 0.4) is 0 Å². The van der Waals surface area contributed by atoms with Gasteiger partial charge in [0, 0.05) is 21.2 Å². The van der Waals surface area contributed by atoms with E-state index in [1.165, 1.54) is 12.8 Å². The summed E-state index contributed by atoms with van der Waals surface area (Å²) in [5.74, 6) is 0. The van der Waals surface area contributed by atoms with Crippen molar-refractivity contribution in [3.05, 3.63) is 27.1 Å². The smallest absolute Gasteiger partial charge is 0.0819 e. The summed E-state index contributed by atoms with van der Waals surface area (Å²) in [6, 6.07) is 6.04. The van der Waals surface area contributed by atoms with Crippen molar-refractivity contribution in [3.8, 4) is 0 Å². The van der Waals surface area contributed by atoms with Gasteiger partial charge in [0.15, 0.2) is 0 Å². The Morgan fingerprint density at radius 2 is 1.78 bits per heavy atom. The van der Waals surface area contributed by atoms with Gasteiger partial charge in [-0.05, 0) is 47.0 Å². The average Bonchev–Trinajstić information content (AvgIpc) is 2.54. The fourth-order valence-electron chi connectivity index (χ4n) is 2.46. The van der Waals surface area contributed by atoms with E-state index in [1.807, 2.05) is 18.2 Å². The number of hydrogen-bond donors (Lipinski definition) is 2. The first-order chi connectivity index (χ1) is 8.59. The maximum atomic E-state index is 10.6. The van der Waals surface area contributed by atoms with E-state index in [1.54, 1.807) is 0 Å². The molecule has 1 aromatic carbocycles. The molecule has 1 saturated carbocycles. The Morgan fingerprint density at radius 3 is 2.39 bits per heavy atom. The fraction of sp³-hybridized carbons (Fsp3) is 0.571. The van der Waals surface area contributed by atoms with Crippen LogP contribution >= 0.6 is 31.9 Å². The lowest BCUT2D eigenvalue weighted by atomic mass is 9.94. The van der Waals surface area contributed by atoms with E-state index in [0.29, 0.717) is 6.54 Å². The highest BCUT2D eigenvalue weighted by molar-refractivity contribution is 9.11. The molecular formula is C14H19Br2NO. The van der Waals surface area contributed by atoms with Gasteiger partial charge in [-0.1, -0.05) is 41.6 Å². The lowest BCUT2D eigenvalue weighted by molar-refractivity contribution is 0.0381. The van der Waals surface area contributed by atoms with Crippen molar-refractivity contribution in [2.75, 3.05) is 11.9 Å². The molecule has 0 heterocycles. The highest BCUT2D eigenvalue weighted by Crippen LogP contribution is 2.30. The van der Waals surface area contributed by atoms with Crippen LogP contribution in [0.4, 0.5) is 5.69 Å². The molecule has 0 aliphatic heterocycles. The minimum atomic E-state index is -0.539. The van der Waals surface area contributed by atoms with Gasteiger partial charge in [-0.15, -0.1) is 0 Å². The first-order valence-electron chi connectivity index (χ1n) is 6.50. The third-order valence-corrected chi connectivity index (χ3v) is 4.72. The SMILES string of the molecule is OC1(CNc2ccc(Br)cc2Br)CCCCCC1. The molecule has 0 saturated heterocycles. The first kappa shape index (κ1) is 14.4. The molecule has 2 rings (SSSR count). The first-order valence-corrected chi connectivity index (χ1v) is 8.09. The van der Waals surface area contributed by atoms with Crippen molar-refractivity contribution >= 4 is 37.5 Å². The fourth-order valence-corrected chi connectivity index (χ4v) is 3.64. The summed E-state index contributed by atoms with van der Waals surface area (Å²) in [6.45, 7) is 0.632. The quantitative estimate of drug-likeness (QED) is 0.748. The van der Waals surface area contributed by atoms with E-state index >= 15 is 0 Å². The molecule has 0 aromatic heterocycles. The van der Waals surface area contributed by atoms with Gasteiger partial charge in [0.1, 0.15) is 0 Å². The van der Waals surface area contributed by atoms with Gasteiger partial charge in [0.25, 0.3) is 0 Å². The molecule has 0 atom stereocenters. The summed E-state index contributed by atoms with van der Waals surface area (Å²) in [5, 5.41) is 13.9. The van der Waals surface area contributed by atoms with Crippen molar-refractivity contribution in [2.45, 2.75) is 44.1 Å². The summed E-state index contributed by atoms with van der Waals surface area (Å²) in [7, 11) is 0. The van der Waals surface area contributed by atoms with Crippen LogP contribution in [-0.2, 0) is 0 Å². The standard InChI is InChI=1S/C14H19Br2NO/c15-11-5-6-13(12(16)9-11)17-10-14(18)7-3-1-2-4-8-14/h5-6,9,17-18H,1-4,7-8,10H2. The van der Waals surface area contributed by atoms with Gasteiger partial charge in [0.2, 0.25) is 0 Å². The molecule has 100 valence electrons. The summed E-state index contributed by atoms with van der Waals surface area (Å²) in [5.41, 5.74) is 0.499. The number of nitrogens with one attached hydrogen (secondary N) is 1. The monoisotopic (exact) mass is 375 g/mol. The Balaban J connectivity index is 1.97. The molecule has 0 unspecified atom stereocenters. The maximum absolute atomic E-state index is 10.6. The average molecular weight is 377 g/mol. The molecule has 1 aromatic rings. The van der Waals surface area contributed by atoms with Gasteiger partial charge in [0.05, 0.1) is 5.60 Å². The predicted octanol–water partition coefficient (Wildman–Crippen LogP) is 4.71. The van der Waals surface area contributed by atoms with E-state index in [9.17, 15) is 5.11 Å². The van der Waals surface area contributed by atoms with Crippen molar-refractivity contribution < 1.29 is 5.11 Å². The van der Waals surface area contributed by atoms with E-state index in [2.05, 4.69) is 37.2 Å². The van der Waals surface area contributed by atoms with Crippen LogP contribution in [0.15, 0.2) is 27.1 Å². The minimum Gasteiger partial charge on any atom is -0.388 e. The number of anilines is 1. The van der Waals surface area contributed by atoms with E-state index < -0.39 is 5.60 Å². The van der Waals surface area contributed by atoms with Gasteiger partial charge in [-0.25, -0.2) is 0 Å². The lowest BCUT2D eigenvalue weighted by Gasteiger charge is -2.27.